The van der Waals surface area contributed by atoms with Gasteiger partial charge in [0.25, 0.3) is 5.91 Å². The maximum absolute atomic E-state index is 12.9. The summed E-state index contributed by atoms with van der Waals surface area (Å²) in [5.74, 6) is 1.13. The summed E-state index contributed by atoms with van der Waals surface area (Å²) in [5, 5.41) is 13.0. The van der Waals surface area contributed by atoms with Crippen molar-refractivity contribution in [2.75, 3.05) is 6.61 Å². The van der Waals surface area contributed by atoms with Crippen LogP contribution >= 0.6 is 11.6 Å². The Morgan fingerprint density at radius 2 is 1.91 bits per heavy atom. The first-order chi connectivity index (χ1) is 16.8. The number of amides is 1. The van der Waals surface area contributed by atoms with Gasteiger partial charge in [0.2, 0.25) is 0 Å². The van der Waals surface area contributed by atoms with Gasteiger partial charge in [-0.25, -0.2) is 4.98 Å². The van der Waals surface area contributed by atoms with Crippen molar-refractivity contribution in [3.8, 4) is 17.1 Å². The highest BCUT2D eigenvalue weighted by atomic mass is 35.5. The van der Waals surface area contributed by atoms with E-state index in [1.165, 1.54) is 0 Å². The minimum absolute atomic E-state index is 0.0107. The van der Waals surface area contributed by atoms with E-state index in [2.05, 4.69) is 10.3 Å². The molecule has 1 aromatic heterocycles. The van der Waals surface area contributed by atoms with Gasteiger partial charge in [-0.15, -0.1) is 0 Å². The van der Waals surface area contributed by atoms with Gasteiger partial charge < -0.3 is 20.1 Å². The Hall–Kier alpha value is -3.35. The molecule has 0 aliphatic carbocycles. The molecule has 4 aromatic rings. The molecule has 0 aliphatic heterocycles. The molecule has 4 rings (SSSR count). The van der Waals surface area contributed by atoms with E-state index in [9.17, 15) is 9.90 Å². The van der Waals surface area contributed by atoms with Crippen LogP contribution < -0.4 is 10.1 Å². The van der Waals surface area contributed by atoms with Crippen LogP contribution in [0.15, 0.2) is 60.7 Å². The zero-order valence-corrected chi connectivity index (χ0v) is 20.9. The Balaban J connectivity index is 1.44. The standard InChI is InChI=1S/C28H30ClN3O3/c1-17(2)35-25-12-11-21(16-23(25)29)28(34)30-22(13-14-33)15-19-7-9-20(10-8-19)27-31-24-6-4-5-18(3)26(24)32-27/h4-12,16-17,22,33H,13-15H2,1-3H3,(H,30,34)(H,31,32). The average Bonchev–Trinajstić information content (AvgIpc) is 3.26. The number of fused-ring (bicyclic) bond motifs is 1. The summed E-state index contributed by atoms with van der Waals surface area (Å²) in [4.78, 5) is 21.0. The molecule has 1 amide bonds. The van der Waals surface area contributed by atoms with Crippen LogP contribution in [0.1, 0.15) is 41.8 Å². The maximum atomic E-state index is 12.9. The third-order valence-electron chi connectivity index (χ3n) is 5.79. The van der Waals surface area contributed by atoms with E-state index in [0.717, 1.165) is 33.5 Å². The van der Waals surface area contributed by atoms with E-state index < -0.39 is 0 Å². The smallest absolute Gasteiger partial charge is 0.251 e. The van der Waals surface area contributed by atoms with E-state index in [0.29, 0.717) is 29.2 Å². The Labute approximate surface area is 210 Å². The van der Waals surface area contributed by atoms with Gasteiger partial charge in [0, 0.05) is 23.8 Å². The minimum atomic E-state index is -0.240. The highest BCUT2D eigenvalue weighted by Crippen LogP contribution is 2.27. The first-order valence-corrected chi connectivity index (χ1v) is 12.1. The van der Waals surface area contributed by atoms with Crippen molar-refractivity contribution in [1.29, 1.82) is 0 Å². The molecular formula is C28H30ClN3O3. The lowest BCUT2D eigenvalue weighted by Crippen LogP contribution is -2.37. The number of rotatable bonds is 9. The number of aliphatic hydroxyl groups is 1. The molecule has 6 nitrogen and oxygen atoms in total. The highest BCUT2D eigenvalue weighted by Gasteiger charge is 2.16. The van der Waals surface area contributed by atoms with Gasteiger partial charge in [0.05, 0.1) is 22.2 Å². The maximum Gasteiger partial charge on any atom is 0.251 e. The number of para-hydroxylation sites is 1. The number of carbonyl (C=O) groups excluding carboxylic acids is 1. The number of H-pyrrole nitrogens is 1. The van der Waals surface area contributed by atoms with Crippen molar-refractivity contribution < 1.29 is 14.6 Å². The molecule has 35 heavy (non-hydrogen) atoms. The number of hydrogen-bond acceptors (Lipinski definition) is 4. The molecular weight excluding hydrogens is 462 g/mol. The predicted molar refractivity (Wildman–Crippen MR) is 140 cm³/mol. The SMILES string of the molecule is Cc1cccc2[nH]c(-c3ccc(CC(CCO)NC(=O)c4ccc(OC(C)C)c(Cl)c4)cc3)nc12. The second-order valence-electron chi connectivity index (χ2n) is 8.95. The van der Waals surface area contributed by atoms with Crippen LogP contribution in [0, 0.1) is 6.92 Å². The molecule has 0 aliphatic rings. The van der Waals surface area contributed by atoms with Crippen LogP contribution in [0.5, 0.6) is 5.75 Å². The number of aliphatic hydroxyl groups excluding tert-OH is 1. The molecule has 0 saturated heterocycles. The Morgan fingerprint density at radius 1 is 1.14 bits per heavy atom. The molecule has 1 unspecified atom stereocenters. The predicted octanol–water partition coefficient (Wildman–Crippen LogP) is 5.70. The zero-order chi connectivity index (χ0) is 24.9. The lowest BCUT2D eigenvalue weighted by molar-refractivity contribution is 0.0930. The Bertz CT molecular complexity index is 1320. The largest absolute Gasteiger partial charge is 0.489 e. The number of carbonyl (C=O) groups is 1. The van der Waals surface area contributed by atoms with E-state index in [-0.39, 0.29) is 24.7 Å². The second kappa shape index (κ2) is 10.9. The van der Waals surface area contributed by atoms with Crippen molar-refractivity contribution in [1.82, 2.24) is 15.3 Å². The quantitative estimate of drug-likeness (QED) is 0.280. The monoisotopic (exact) mass is 491 g/mol. The van der Waals surface area contributed by atoms with Gasteiger partial charge in [-0.1, -0.05) is 48.0 Å². The summed E-state index contributed by atoms with van der Waals surface area (Å²) in [6, 6.07) is 19.0. The summed E-state index contributed by atoms with van der Waals surface area (Å²) >= 11 is 6.29. The summed E-state index contributed by atoms with van der Waals surface area (Å²) in [5.41, 5.74) is 5.61. The number of halogens is 1. The highest BCUT2D eigenvalue weighted by molar-refractivity contribution is 6.32. The Morgan fingerprint density at radius 3 is 2.57 bits per heavy atom. The first kappa shape index (κ1) is 24.8. The summed E-state index contributed by atoms with van der Waals surface area (Å²) in [7, 11) is 0. The van der Waals surface area contributed by atoms with Gasteiger partial charge in [0.15, 0.2) is 0 Å². The number of aryl methyl sites for hydroxylation is 1. The van der Waals surface area contributed by atoms with Crippen molar-refractivity contribution >= 4 is 28.5 Å². The second-order valence-corrected chi connectivity index (χ2v) is 9.36. The fourth-order valence-corrected chi connectivity index (χ4v) is 4.26. The minimum Gasteiger partial charge on any atom is -0.489 e. The normalized spacial score (nSPS) is 12.2. The number of aromatic amines is 1. The molecule has 0 radical (unpaired) electrons. The zero-order valence-electron chi connectivity index (χ0n) is 20.1. The Kier molecular flexibility index (Phi) is 7.73. The van der Waals surface area contributed by atoms with Gasteiger partial charge in [-0.05, 0) is 69.0 Å². The molecule has 7 heteroatoms. The number of nitrogens with one attached hydrogen (secondary N) is 2. The molecule has 0 saturated carbocycles. The van der Waals surface area contributed by atoms with Crippen LogP contribution in [-0.2, 0) is 6.42 Å². The third kappa shape index (κ3) is 6.02. The molecule has 3 N–H and O–H groups in total. The summed E-state index contributed by atoms with van der Waals surface area (Å²) in [6.07, 6.45) is 1.02. The van der Waals surface area contributed by atoms with E-state index in [1.807, 2.05) is 63.2 Å². The fourth-order valence-electron chi connectivity index (χ4n) is 4.04. The van der Waals surface area contributed by atoms with E-state index in [4.69, 9.17) is 21.3 Å². The number of benzene rings is 3. The van der Waals surface area contributed by atoms with Crippen LogP contribution in [0.3, 0.4) is 0 Å². The van der Waals surface area contributed by atoms with Gasteiger partial charge >= 0.3 is 0 Å². The lowest BCUT2D eigenvalue weighted by atomic mass is 10.0. The van der Waals surface area contributed by atoms with Crippen molar-refractivity contribution in [2.45, 2.75) is 45.8 Å². The van der Waals surface area contributed by atoms with E-state index >= 15 is 0 Å². The van der Waals surface area contributed by atoms with Crippen molar-refractivity contribution in [3.63, 3.8) is 0 Å². The number of hydrogen-bond donors (Lipinski definition) is 3. The number of nitrogens with zero attached hydrogens (tertiary/aromatic N) is 1. The number of aromatic nitrogens is 2. The molecule has 0 bridgehead atoms. The molecule has 182 valence electrons. The molecule has 1 heterocycles. The molecule has 0 spiro atoms. The van der Waals surface area contributed by atoms with Crippen molar-refractivity contribution in [3.05, 3.63) is 82.4 Å². The van der Waals surface area contributed by atoms with Crippen LogP contribution in [0.25, 0.3) is 22.4 Å². The first-order valence-electron chi connectivity index (χ1n) is 11.8. The van der Waals surface area contributed by atoms with Crippen molar-refractivity contribution in [2.24, 2.45) is 0 Å². The van der Waals surface area contributed by atoms with Crippen LogP contribution in [-0.4, -0.2) is 39.7 Å². The van der Waals surface area contributed by atoms with Gasteiger partial charge in [-0.3, -0.25) is 4.79 Å². The fraction of sp³-hybridized carbons (Fsp3) is 0.286. The summed E-state index contributed by atoms with van der Waals surface area (Å²) < 4.78 is 5.64. The van der Waals surface area contributed by atoms with Crippen LogP contribution in [0.4, 0.5) is 0 Å². The molecule has 1 atom stereocenters. The van der Waals surface area contributed by atoms with Gasteiger partial charge in [0.1, 0.15) is 11.6 Å². The number of ether oxygens (including phenoxy) is 1. The average molecular weight is 492 g/mol. The third-order valence-corrected chi connectivity index (χ3v) is 6.09. The molecule has 0 fully saturated rings. The number of imidazole rings is 1. The van der Waals surface area contributed by atoms with E-state index in [1.54, 1.807) is 18.2 Å². The summed E-state index contributed by atoms with van der Waals surface area (Å²) in [6.45, 7) is 5.86. The topological polar surface area (TPSA) is 87.2 Å². The van der Waals surface area contributed by atoms with Crippen LogP contribution in [0.2, 0.25) is 5.02 Å². The van der Waals surface area contributed by atoms with Gasteiger partial charge in [-0.2, -0.15) is 0 Å². The lowest BCUT2D eigenvalue weighted by Gasteiger charge is -2.19. The molecule has 3 aromatic carbocycles.